The fourth-order valence-corrected chi connectivity index (χ4v) is 6.33. The first-order valence-electron chi connectivity index (χ1n) is 10.1. The number of hydrogen-bond donors (Lipinski definition) is 1. The van der Waals surface area contributed by atoms with Crippen LogP contribution in [0.4, 0.5) is 0 Å². The van der Waals surface area contributed by atoms with E-state index in [0.717, 1.165) is 41.5 Å². The van der Waals surface area contributed by atoms with Crippen molar-refractivity contribution in [2.75, 3.05) is 14.1 Å². The van der Waals surface area contributed by atoms with Gasteiger partial charge in [-0.25, -0.2) is 12.7 Å². The van der Waals surface area contributed by atoms with Gasteiger partial charge < -0.3 is 5.11 Å². The third-order valence-electron chi connectivity index (χ3n) is 6.28. The number of carbonyl (C=O) groups excluding carboxylic acids is 2. The Morgan fingerprint density at radius 3 is 2.10 bits per heavy atom. The van der Waals surface area contributed by atoms with Crippen molar-refractivity contribution in [3.63, 3.8) is 0 Å². The molecule has 0 aromatic heterocycles. The minimum Gasteiger partial charge on any atom is -0.511 e. The van der Waals surface area contributed by atoms with Crippen molar-refractivity contribution in [3.05, 3.63) is 39.1 Å². The van der Waals surface area contributed by atoms with E-state index in [2.05, 4.69) is 0 Å². The quantitative estimate of drug-likeness (QED) is 0.459. The van der Waals surface area contributed by atoms with E-state index in [-0.39, 0.29) is 48.1 Å². The summed E-state index contributed by atoms with van der Waals surface area (Å²) in [4.78, 5) is 25.7. The Kier molecular flexibility index (Phi) is 5.75. The smallest absolute Gasteiger partial charge is 0.243 e. The summed E-state index contributed by atoms with van der Waals surface area (Å²) < 4.78 is 27.5. The molecule has 0 unspecified atom stereocenters. The number of carbonyl (C=O) groups is 2. The number of aliphatic hydroxyl groups is 1. The van der Waals surface area contributed by atoms with Crippen molar-refractivity contribution < 1.29 is 23.1 Å². The van der Waals surface area contributed by atoms with Crippen molar-refractivity contribution in [1.29, 1.82) is 0 Å². The van der Waals surface area contributed by atoms with E-state index in [1.165, 1.54) is 18.4 Å². The Morgan fingerprint density at radius 1 is 1.03 bits per heavy atom. The van der Waals surface area contributed by atoms with Gasteiger partial charge in [-0.1, -0.05) is 6.92 Å². The van der Waals surface area contributed by atoms with Crippen LogP contribution in [0.15, 0.2) is 16.2 Å². The minimum atomic E-state index is -3.65. The van der Waals surface area contributed by atoms with Gasteiger partial charge >= 0.3 is 0 Å². The highest BCUT2D eigenvalue weighted by molar-refractivity contribution is 7.89. The molecule has 2 aliphatic carbocycles. The first-order valence-corrected chi connectivity index (χ1v) is 11.5. The second-order valence-corrected chi connectivity index (χ2v) is 10.3. The van der Waals surface area contributed by atoms with Crippen LogP contribution < -0.4 is 0 Å². The number of hydrogen-bond acceptors (Lipinski definition) is 5. The molecule has 0 bridgehead atoms. The molecule has 2 aliphatic rings. The van der Waals surface area contributed by atoms with Crippen LogP contribution >= 0.6 is 0 Å². The molecular formula is C22H29NO5S. The van der Waals surface area contributed by atoms with Crippen LogP contribution in [-0.2, 0) is 32.5 Å². The summed E-state index contributed by atoms with van der Waals surface area (Å²) in [6.45, 7) is 5.46. The molecule has 0 saturated heterocycles. The molecule has 0 radical (unpaired) electrons. The lowest BCUT2D eigenvalue weighted by Crippen LogP contribution is -2.29. The van der Waals surface area contributed by atoms with Gasteiger partial charge in [-0.05, 0) is 66.8 Å². The fraction of sp³-hybridized carbons (Fsp3) is 0.545. The van der Waals surface area contributed by atoms with Crippen LogP contribution in [0.1, 0.15) is 66.3 Å². The molecule has 0 spiro atoms. The normalized spacial score (nSPS) is 19.8. The molecule has 7 heteroatoms. The van der Waals surface area contributed by atoms with Gasteiger partial charge in [0, 0.05) is 33.4 Å². The summed E-state index contributed by atoms with van der Waals surface area (Å²) in [5.74, 6) is -1.24. The Hall–Kier alpha value is -1.99. The number of fused-ring (bicyclic) bond motifs is 1. The number of sulfonamides is 1. The summed E-state index contributed by atoms with van der Waals surface area (Å²) >= 11 is 0. The van der Waals surface area contributed by atoms with Gasteiger partial charge in [0.1, 0.15) is 5.76 Å². The van der Waals surface area contributed by atoms with Crippen molar-refractivity contribution >= 4 is 21.6 Å². The molecule has 158 valence electrons. The van der Waals surface area contributed by atoms with Crippen molar-refractivity contribution in [1.82, 2.24) is 4.31 Å². The van der Waals surface area contributed by atoms with Gasteiger partial charge in [0.2, 0.25) is 10.0 Å². The maximum absolute atomic E-state index is 13.1. The average Bonchev–Trinajstić information content (AvgIpc) is 3.10. The SMILES string of the molecule is CCC(O)=C1C(=O)CC(c2c(C)c3c(c(S(=O)(=O)N(C)C)c2C)CCC3)CC1=O. The third-order valence-corrected chi connectivity index (χ3v) is 8.31. The first kappa shape index (κ1) is 21.7. The Morgan fingerprint density at radius 2 is 1.59 bits per heavy atom. The van der Waals surface area contributed by atoms with Gasteiger partial charge in [0.25, 0.3) is 0 Å². The molecule has 1 saturated carbocycles. The monoisotopic (exact) mass is 419 g/mol. The predicted octanol–water partition coefficient (Wildman–Crippen LogP) is 3.28. The molecule has 0 heterocycles. The summed E-state index contributed by atoms with van der Waals surface area (Å²) in [6.07, 6.45) is 2.87. The second kappa shape index (κ2) is 7.69. The van der Waals surface area contributed by atoms with E-state index in [9.17, 15) is 23.1 Å². The number of benzene rings is 1. The van der Waals surface area contributed by atoms with E-state index >= 15 is 0 Å². The number of ketones is 2. The van der Waals surface area contributed by atoms with Crippen LogP contribution in [-0.4, -0.2) is 43.5 Å². The summed E-state index contributed by atoms with van der Waals surface area (Å²) in [6, 6.07) is 0. The molecule has 1 fully saturated rings. The van der Waals surface area contributed by atoms with Crippen LogP contribution in [0.3, 0.4) is 0 Å². The van der Waals surface area contributed by atoms with E-state index in [1.54, 1.807) is 13.8 Å². The number of allylic oxidation sites excluding steroid dienone is 2. The molecule has 6 nitrogen and oxygen atoms in total. The molecule has 0 aliphatic heterocycles. The molecule has 1 N–H and O–H groups in total. The largest absolute Gasteiger partial charge is 0.511 e. The topological polar surface area (TPSA) is 91.8 Å². The molecule has 0 amide bonds. The lowest BCUT2D eigenvalue weighted by molar-refractivity contribution is -0.124. The van der Waals surface area contributed by atoms with E-state index < -0.39 is 10.0 Å². The Balaban J connectivity index is 2.20. The van der Waals surface area contributed by atoms with E-state index in [4.69, 9.17) is 0 Å². The minimum absolute atomic E-state index is 0.0821. The third kappa shape index (κ3) is 3.44. The summed E-state index contributed by atoms with van der Waals surface area (Å²) in [5.41, 5.74) is 4.31. The Labute approximate surface area is 172 Å². The zero-order valence-corrected chi connectivity index (χ0v) is 18.6. The first-order chi connectivity index (χ1) is 13.5. The highest BCUT2D eigenvalue weighted by atomic mass is 32.2. The lowest BCUT2D eigenvalue weighted by Gasteiger charge is -2.29. The maximum Gasteiger partial charge on any atom is 0.243 e. The van der Waals surface area contributed by atoms with Gasteiger partial charge in [0.15, 0.2) is 11.6 Å². The highest BCUT2D eigenvalue weighted by Gasteiger charge is 2.38. The molecular weight excluding hydrogens is 390 g/mol. The molecule has 3 rings (SSSR count). The second-order valence-electron chi connectivity index (χ2n) is 8.22. The van der Waals surface area contributed by atoms with Gasteiger partial charge in [-0.2, -0.15) is 0 Å². The number of aliphatic hydroxyl groups excluding tert-OH is 1. The van der Waals surface area contributed by atoms with E-state index in [1.807, 2.05) is 6.92 Å². The maximum atomic E-state index is 13.1. The Bertz CT molecular complexity index is 1010. The molecule has 0 atom stereocenters. The number of nitrogens with zero attached hydrogens (tertiary/aromatic N) is 1. The van der Waals surface area contributed by atoms with Crippen molar-refractivity contribution in [3.8, 4) is 0 Å². The summed E-state index contributed by atoms with van der Waals surface area (Å²) in [7, 11) is -0.608. The average molecular weight is 420 g/mol. The fourth-order valence-electron chi connectivity index (χ4n) is 4.93. The van der Waals surface area contributed by atoms with Gasteiger partial charge in [-0.15, -0.1) is 0 Å². The van der Waals surface area contributed by atoms with Crippen LogP contribution in [0, 0.1) is 13.8 Å². The molecule has 29 heavy (non-hydrogen) atoms. The zero-order chi connectivity index (χ0) is 21.7. The van der Waals surface area contributed by atoms with E-state index in [0.29, 0.717) is 10.5 Å². The van der Waals surface area contributed by atoms with Crippen molar-refractivity contribution in [2.45, 2.75) is 70.1 Å². The standard InChI is InChI=1S/C22H29NO5S/c1-6-17(24)21-18(25)10-14(11-19(21)26)20-12(2)15-8-7-9-16(15)22(13(20)3)29(27,28)23(4)5/h14,24H,6-11H2,1-5H3. The zero-order valence-electron chi connectivity index (χ0n) is 17.8. The molecule has 1 aromatic rings. The van der Waals surface area contributed by atoms with Gasteiger partial charge in [0.05, 0.1) is 10.5 Å². The lowest BCUT2D eigenvalue weighted by atomic mass is 9.75. The van der Waals surface area contributed by atoms with Crippen LogP contribution in [0.5, 0.6) is 0 Å². The highest BCUT2D eigenvalue weighted by Crippen LogP contribution is 2.43. The summed E-state index contributed by atoms with van der Waals surface area (Å²) in [5, 5.41) is 9.98. The van der Waals surface area contributed by atoms with Crippen LogP contribution in [0.25, 0.3) is 0 Å². The van der Waals surface area contributed by atoms with Crippen LogP contribution in [0.2, 0.25) is 0 Å². The predicted molar refractivity (Wildman–Crippen MR) is 111 cm³/mol. The van der Waals surface area contributed by atoms with Gasteiger partial charge in [-0.3, -0.25) is 9.59 Å². The number of Topliss-reactive ketones (excluding diaryl/α,β-unsaturated/α-hetero) is 2. The van der Waals surface area contributed by atoms with Crippen molar-refractivity contribution in [2.24, 2.45) is 0 Å². The molecule has 1 aromatic carbocycles. The number of rotatable bonds is 4.